The molecule has 18 heavy (non-hydrogen) atoms. The summed E-state index contributed by atoms with van der Waals surface area (Å²) in [5, 5.41) is 0. The maximum absolute atomic E-state index is 12.3. The van der Waals surface area contributed by atoms with Gasteiger partial charge in [-0.05, 0) is 31.2 Å². The van der Waals surface area contributed by atoms with Crippen molar-refractivity contribution in [2.45, 2.75) is 23.3 Å². The summed E-state index contributed by atoms with van der Waals surface area (Å²) in [6, 6.07) is 3.54. The van der Waals surface area contributed by atoms with Gasteiger partial charge < -0.3 is 15.2 Å². The third kappa shape index (κ3) is 2.20. The Balaban J connectivity index is 2.48. The predicted molar refractivity (Wildman–Crippen MR) is 71.8 cm³/mol. The highest BCUT2D eigenvalue weighted by Crippen LogP contribution is 2.41. The van der Waals surface area contributed by atoms with Crippen LogP contribution in [0.3, 0.4) is 0 Å². The fraction of sp³-hybridized carbons (Fsp3) is 0.462. The minimum Gasteiger partial charge on any atom is -0.496 e. The van der Waals surface area contributed by atoms with Crippen LogP contribution in [0.5, 0.6) is 11.5 Å². The van der Waals surface area contributed by atoms with Gasteiger partial charge in [0.05, 0.1) is 30.2 Å². The number of thioether (sulfide) groups is 1. The number of methoxy groups -OCH3 is 2. The molecule has 1 aliphatic rings. The van der Waals surface area contributed by atoms with E-state index in [0.29, 0.717) is 17.1 Å². The summed E-state index contributed by atoms with van der Waals surface area (Å²) >= 11 is 1.55. The van der Waals surface area contributed by atoms with E-state index in [4.69, 9.17) is 15.2 Å². The lowest BCUT2D eigenvalue weighted by molar-refractivity contribution is 0.0945. The SMILES string of the molecule is COc1cc(C(=O)C2(N)CC2)c(OC)cc1SC. The second-order valence-electron chi connectivity index (χ2n) is 4.39. The summed E-state index contributed by atoms with van der Waals surface area (Å²) in [6.45, 7) is 0. The van der Waals surface area contributed by atoms with Crippen LogP contribution in [0, 0.1) is 0 Å². The quantitative estimate of drug-likeness (QED) is 0.654. The largest absolute Gasteiger partial charge is 0.496 e. The normalized spacial score (nSPS) is 16.2. The zero-order chi connectivity index (χ0) is 13.3. The molecular formula is C13H17NO3S. The van der Waals surface area contributed by atoms with Crippen LogP contribution in [0.4, 0.5) is 0 Å². The van der Waals surface area contributed by atoms with Gasteiger partial charge in [0.1, 0.15) is 11.5 Å². The highest BCUT2D eigenvalue weighted by molar-refractivity contribution is 7.98. The number of hydrogen-bond acceptors (Lipinski definition) is 5. The Bertz CT molecular complexity index is 483. The molecule has 1 saturated carbocycles. The van der Waals surface area contributed by atoms with E-state index in [0.717, 1.165) is 17.7 Å². The van der Waals surface area contributed by atoms with Crippen molar-refractivity contribution in [3.63, 3.8) is 0 Å². The molecule has 4 nitrogen and oxygen atoms in total. The first-order valence-corrected chi connectivity index (χ1v) is 6.92. The van der Waals surface area contributed by atoms with Crippen molar-refractivity contribution >= 4 is 17.5 Å². The maximum Gasteiger partial charge on any atom is 0.186 e. The number of carbonyl (C=O) groups is 1. The number of carbonyl (C=O) groups excluding carboxylic acids is 1. The van der Waals surface area contributed by atoms with Crippen molar-refractivity contribution in [1.82, 2.24) is 0 Å². The molecule has 5 heteroatoms. The summed E-state index contributed by atoms with van der Waals surface area (Å²) < 4.78 is 10.6. The predicted octanol–water partition coefficient (Wildman–Crippen LogP) is 2.10. The Labute approximate surface area is 111 Å². The number of hydrogen-bond donors (Lipinski definition) is 1. The molecule has 0 amide bonds. The molecule has 98 valence electrons. The zero-order valence-corrected chi connectivity index (χ0v) is 11.6. The van der Waals surface area contributed by atoms with Crippen LogP contribution >= 0.6 is 11.8 Å². The summed E-state index contributed by atoms with van der Waals surface area (Å²) in [5.74, 6) is 1.17. The Morgan fingerprint density at radius 2 is 1.89 bits per heavy atom. The van der Waals surface area contributed by atoms with Crippen LogP contribution in [-0.4, -0.2) is 31.8 Å². The second kappa shape index (κ2) is 4.82. The third-order valence-electron chi connectivity index (χ3n) is 3.19. The molecule has 2 N–H and O–H groups in total. The molecule has 0 radical (unpaired) electrons. The molecular weight excluding hydrogens is 250 g/mol. The van der Waals surface area contributed by atoms with Gasteiger partial charge in [-0.2, -0.15) is 0 Å². The average molecular weight is 267 g/mol. The Morgan fingerprint density at radius 1 is 1.28 bits per heavy atom. The lowest BCUT2D eigenvalue weighted by atomic mass is 10.0. The Hall–Kier alpha value is -1.20. The van der Waals surface area contributed by atoms with E-state index in [1.165, 1.54) is 0 Å². The van der Waals surface area contributed by atoms with Gasteiger partial charge in [0.15, 0.2) is 5.78 Å². The van der Waals surface area contributed by atoms with Crippen LogP contribution in [0.25, 0.3) is 0 Å². The van der Waals surface area contributed by atoms with Gasteiger partial charge in [-0.15, -0.1) is 11.8 Å². The van der Waals surface area contributed by atoms with E-state index in [9.17, 15) is 4.79 Å². The van der Waals surface area contributed by atoms with Gasteiger partial charge in [-0.1, -0.05) is 0 Å². The number of nitrogens with two attached hydrogens (primary N) is 1. The molecule has 2 rings (SSSR count). The molecule has 0 atom stereocenters. The lowest BCUT2D eigenvalue weighted by Crippen LogP contribution is -2.33. The van der Waals surface area contributed by atoms with Gasteiger partial charge in [-0.25, -0.2) is 0 Å². The topological polar surface area (TPSA) is 61.5 Å². The van der Waals surface area contributed by atoms with Crippen LogP contribution in [-0.2, 0) is 0 Å². The number of ketones is 1. The smallest absolute Gasteiger partial charge is 0.186 e. The summed E-state index contributed by atoms with van der Waals surface area (Å²) in [4.78, 5) is 13.2. The molecule has 0 aromatic heterocycles. The van der Waals surface area contributed by atoms with Gasteiger partial charge >= 0.3 is 0 Å². The molecule has 0 unspecified atom stereocenters. The summed E-state index contributed by atoms with van der Waals surface area (Å²) in [7, 11) is 3.14. The van der Waals surface area contributed by atoms with Crippen molar-refractivity contribution in [3.8, 4) is 11.5 Å². The first-order valence-electron chi connectivity index (χ1n) is 5.69. The minimum absolute atomic E-state index is 0.0645. The van der Waals surface area contributed by atoms with Gasteiger partial charge in [0, 0.05) is 0 Å². The van der Waals surface area contributed by atoms with Crippen molar-refractivity contribution in [2.24, 2.45) is 5.73 Å². The van der Waals surface area contributed by atoms with E-state index in [2.05, 4.69) is 0 Å². The summed E-state index contributed by atoms with van der Waals surface area (Å²) in [5.41, 5.74) is 5.77. The minimum atomic E-state index is -0.695. The van der Waals surface area contributed by atoms with Gasteiger partial charge in [-0.3, -0.25) is 4.79 Å². The van der Waals surface area contributed by atoms with Gasteiger partial charge in [0.25, 0.3) is 0 Å². The summed E-state index contributed by atoms with van der Waals surface area (Å²) in [6.07, 6.45) is 3.42. The van der Waals surface area contributed by atoms with Crippen LogP contribution < -0.4 is 15.2 Å². The Morgan fingerprint density at radius 3 is 2.33 bits per heavy atom. The monoisotopic (exact) mass is 267 g/mol. The maximum atomic E-state index is 12.3. The molecule has 0 saturated heterocycles. The second-order valence-corrected chi connectivity index (χ2v) is 5.24. The molecule has 0 heterocycles. The van der Waals surface area contributed by atoms with Crippen LogP contribution in [0.2, 0.25) is 0 Å². The van der Waals surface area contributed by atoms with Crippen molar-refractivity contribution < 1.29 is 14.3 Å². The average Bonchev–Trinajstić information content (AvgIpc) is 3.15. The fourth-order valence-electron chi connectivity index (χ4n) is 1.84. The molecule has 0 spiro atoms. The fourth-order valence-corrected chi connectivity index (χ4v) is 2.40. The molecule has 1 aromatic rings. The zero-order valence-electron chi connectivity index (χ0n) is 10.8. The van der Waals surface area contributed by atoms with E-state index < -0.39 is 5.54 Å². The first-order chi connectivity index (χ1) is 8.55. The highest BCUT2D eigenvalue weighted by Gasteiger charge is 2.47. The first kappa shape index (κ1) is 13.2. The third-order valence-corrected chi connectivity index (χ3v) is 3.95. The van der Waals surface area contributed by atoms with Crippen LogP contribution in [0.15, 0.2) is 17.0 Å². The van der Waals surface area contributed by atoms with Crippen molar-refractivity contribution in [1.29, 1.82) is 0 Å². The van der Waals surface area contributed by atoms with Gasteiger partial charge in [0.2, 0.25) is 0 Å². The van der Waals surface area contributed by atoms with Crippen LogP contribution in [0.1, 0.15) is 23.2 Å². The highest BCUT2D eigenvalue weighted by atomic mass is 32.2. The number of benzene rings is 1. The van der Waals surface area contributed by atoms with E-state index >= 15 is 0 Å². The molecule has 0 bridgehead atoms. The molecule has 1 fully saturated rings. The van der Waals surface area contributed by atoms with Crippen molar-refractivity contribution in [2.75, 3.05) is 20.5 Å². The molecule has 1 aromatic carbocycles. The standard InChI is InChI=1S/C13H17NO3S/c1-16-9-7-11(18-3)10(17-2)6-8(9)12(15)13(14)4-5-13/h6-7H,4-5,14H2,1-3H3. The van der Waals surface area contributed by atoms with E-state index in [1.54, 1.807) is 32.0 Å². The van der Waals surface area contributed by atoms with E-state index in [1.807, 2.05) is 12.3 Å². The lowest BCUT2D eigenvalue weighted by Gasteiger charge is -2.15. The molecule has 1 aliphatic carbocycles. The number of rotatable bonds is 5. The number of ether oxygens (including phenoxy) is 2. The van der Waals surface area contributed by atoms with Crippen molar-refractivity contribution in [3.05, 3.63) is 17.7 Å². The van der Waals surface area contributed by atoms with E-state index in [-0.39, 0.29) is 5.78 Å². The number of Topliss-reactive ketones (excluding diaryl/α,β-unsaturated/α-hetero) is 1. The molecule has 0 aliphatic heterocycles. The Kier molecular flexibility index (Phi) is 3.54.